The third-order valence-corrected chi connectivity index (χ3v) is 4.30. The lowest BCUT2D eigenvalue weighted by Crippen LogP contribution is -2.40. The van der Waals surface area contributed by atoms with Gasteiger partial charge in [-0.25, -0.2) is 0 Å². The molecule has 18 heavy (non-hydrogen) atoms. The minimum absolute atomic E-state index is 0.0844. The highest BCUT2D eigenvalue weighted by molar-refractivity contribution is 5.82. The summed E-state index contributed by atoms with van der Waals surface area (Å²) in [4.78, 5) is 14.5. The first-order chi connectivity index (χ1) is 8.71. The van der Waals surface area contributed by atoms with Crippen LogP contribution in [-0.2, 0) is 9.53 Å². The number of amides is 1. The Kier molecular flexibility index (Phi) is 5.01. The van der Waals surface area contributed by atoms with Crippen LogP contribution in [0.5, 0.6) is 0 Å². The SMILES string of the molecule is CC1(C(=O)NCCCN2CCOCC2)CCCC1. The maximum absolute atomic E-state index is 12.1. The lowest BCUT2D eigenvalue weighted by Gasteiger charge is -2.27. The molecule has 4 heteroatoms. The van der Waals surface area contributed by atoms with Crippen LogP contribution < -0.4 is 5.32 Å². The van der Waals surface area contributed by atoms with Crippen LogP contribution in [0.3, 0.4) is 0 Å². The Balaban J connectivity index is 1.58. The minimum Gasteiger partial charge on any atom is -0.379 e. The van der Waals surface area contributed by atoms with Crippen molar-refractivity contribution in [1.29, 1.82) is 0 Å². The van der Waals surface area contributed by atoms with Gasteiger partial charge in [-0.1, -0.05) is 19.8 Å². The van der Waals surface area contributed by atoms with Crippen LogP contribution in [0.25, 0.3) is 0 Å². The fourth-order valence-corrected chi connectivity index (χ4v) is 2.93. The van der Waals surface area contributed by atoms with Gasteiger partial charge in [0.2, 0.25) is 5.91 Å². The Labute approximate surface area is 110 Å². The molecule has 0 radical (unpaired) electrons. The average Bonchev–Trinajstić information content (AvgIpc) is 2.84. The first-order valence-corrected chi connectivity index (χ1v) is 7.29. The maximum Gasteiger partial charge on any atom is 0.225 e. The Morgan fingerprint density at radius 2 is 1.94 bits per heavy atom. The quantitative estimate of drug-likeness (QED) is 0.754. The molecule has 0 aromatic heterocycles. The molecule has 4 nitrogen and oxygen atoms in total. The predicted octanol–water partition coefficient (Wildman–Crippen LogP) is 1.41. The summed E-state index contributed by atoms with van der Waals surface area (Å²) in [5.74, 6) is 0.266. The van der Waals surface area contributed by atoms with Crippen molar-refractivity contribution in [2.75, 3.05) is 39.4 Å². The molecule has 1 aliphatic heterocycles. The summed E-state index contributed by atoms with van der Waals surface area (Å²) >= 11 is 0. The minimum atomic E-state index is -0.0844. The van der Waals surface area contributed by atoms with Gasteiger partial charge in [0.05, 0.1) is 13.2 Å². The number of hydrogen-bond donors (Lipinski definition) is 1. The summed E-state index contributed by atoms with van der Waals surface area (Å²) in [5, 5.41) is 3.11. The molecule has 1 amide bonds. The van der Waals surface area contributed by atoms with E-state index in [4.69, 9.17) is 4.74 Å². The fraction of sp³-hybridized carbons (Fsp3) is 0.929. The zero-order valence-corrected chi connectivity index (χ0v) is 11.5. The molecule has 1 saturated carbocycles. The van der Waals surface area contributed by atoms with E-state index in [0.29, 0.717) is 0 Å². The summed E-state index contributed by atoms with van der Waals surface area (Å²) in [6, 6.07) is 0. The van der Waals surface area contributed by atoms with E-state index >= 15 is 0 Å². The van der Waals surface area contributed by atoms with Crippen molar-refractivity contribution in [3.8, 4) is 0 Å². The molecular formula is C14H26N2O2. The maximum atomic E-state index is 12.1. The molecule has 0 aromatic carbocycles. The van der Waals surface area contributed by atoms with E-state index in [9.17, 15) is 4.79 Å². The van der Waals surface area contributed by atoms with Crippen molar-refractivity contribution < 1.29 is 9.53 Å². The summed E-state index contributed by atoms with van der Waals surface area (Å²) < 4.78 is 5.31. The van der Waals surface area contributed by atoms with Crippen molar-refractivity contribution in [2.24, 2.45) is 5.41 Å². The zero-order chi connectivity index (χ0) is 12.8. The topological polar surface area (TPSA) is 41.6 Å². The Morgan fingerprint density at radius 1 is 1.28 bits per heavy atom. The predicted molar refractivity (Wildman–Crippen MR) is 71.5 cm³/mol. The van der Waals surface area contributed by atoms with Crippen molar-refractivity contribution in [3.05, 3.63) is 0 Å². The molecule has 1 N–H and O–H groups in total. The second kappa shape index (κ2) is 6.53. The molecule has 0 atom stereocenters. The van der Waals surface area contributed by atoms with Crippen LogP contribution in [-0.4, -0.2) is 50.2 Å². The number of carbonyl (C=O) groups excluding carboxylic acids is 1. The highest BCUT2D eigenvalue weighted by atomic mass is 16.5. The monoisotopic (exact) mass is 254 g/mol. The largest absolute Gasteiger partial charge is 0.379 e. The van der Waals surface area contributed by atoms with Crippen LogP contribution in [0.2, 0.25) is 0 Å². The van der Waals surface area contributed by atoms with E-state index in [0.717, 1.165) is 58.7 Å². The summed E-state index contributed by atoms with van der Waals surface area (Å²) in [5.41, 5.74) is -0.0844. The second-order valence-electron chi connectivity index (χ2n) is 5.83. The highest BCUT2D eigenvalue weighted by Gasteiger charge is 2.35. The van der Waals surface area contributed by atoms with E-state index in [1.54, 1.807) is 0 Å². The molecule has 1 saturated heterocycles. The van der Waals surface area contributed by atoms with Gasteiger partial charge in [0.15, 0.2) is 0 Å². The van der Waals surface area contributed by atoms with Gasteiger partial charge in [0.1, 0.15) is 0 Å². The molecule has 0 unspecified atom stereocenters. The van der Waals surface area contributed by atoms with Gasteiger partial charge in [-0.3, -0.25) is 9.69 Å². The van der Waals surface area contributed by atoms with E-state index in [2.05, 4.69) is 17.1 Å². The van der Waals surface area contributed by atoms with Crippen molar-refractivity contribution >= 4 is 5.91 Å². The molecule has 0 spiro atoms. The average molecular weight is 254 g/mol. The number of rotatable bonds is 5. The summed E-state index contributed by atoms with van der Waals surface area (Å²) in [6.07, 6.45) is 5.57. The van der Waals surface area contributed by atoms with Gasteiger partial charge < -0.3 is 10.1 Å². The molecule has 0 aromatic rings. The van der Waals surface area contributed by atoms with E-state index in [-0.39, 0.29) is 11.3 Å². The van der Waals surface area contributed by atoms with Gasteiger partial charge in [-0.05, 0) is 25.8 Å². The van der Waals surface area contributed by atoms with Gasteiger partial charge in [0.25, 0.3) is 0 Å². The normalized spacial score (nSPS) is 24.1. The highest BCUT2D eigenvalue weighted by Crippen LogP contribution is 2.37. The second-order valence-corrected chi connectivity index (χ2v) is 5.83. The summed E-state index contributed by atoms with van der Waals surface area (Å²) in [6.45, 7) is 7.76. The van der Waals surface area contributed by atoms with Crippen molar-refractivity contribution in [1.82, 2.24) is 10.2 Å². The van der Waals surface area contributed by atoms with Crippen LogP contribution in [0.15, 0.2) is 0 Å². The van der Waals surface area contributed by atoms with E-state index < -0.39 is 0 Å². The van der Waals surface area contributed by atoms with Crippen LogP contribution in [0.4, 0.5) is 0 Å². The molecule has 2 aliphatic rings. The number of nitrogens with one attached hydrogen (secondary N) is 1. The third kappa shape index (κ3) is 3.69. The van der Waals surface area contributed by atoms with Gasteiger partial charge in [-0.15, -0.1) is 0 Å². The molecule has 2 fully saturated rings. The molecule has 1 aliphatic carbocycles. The van der Waals surface area contributed by atoms with Gasteiger partial charge in [0, 0.05) is 25.0 Å². The molecule has 104 valence electrons. The fourth-order valence-electron chi connectivity index (χ4n) is 2.93. The van der Waals surface area contributed by atoms with Crippen molar-refractivity contribution in [2.45, 2.75) is 39.0 Å². The molecule has 2 rings (SSSR count). The van der Waals surface area contributed by atoms with Gasteiger partial charge >= 0.3 is 0 Å². The zero-order valence-electron chi connectivity index (χ0n) is 11.5. The van der Waals surface area contributed by atoms with Crippen LogP contribution in [0, 0.1) is 5.41 Å². The lowest BCUT2D eigenvalue weighted by molar-refractivity contribution is -0.129. The number of hydrogen-bond acceptors (Lipinski definition) is 3. The molecular weight excluding hydrogens is 228 g/mol. The van der Waals surface area contributed by atoms with Crippen molar-refractivity contribution in [3.63, 3.8) is 0 Å². The van der Waals surface area contributed by atoms with E-state index in [1.165, 1.54) is 12.8 Å². The number of ether oxygens (including phenoxy) is 1. The van der Waals surface area contributed by atoms with Gasteiger partial charge in [-0.2, -0.15) is 0 Å². The standard InChI is InChI=1S/C14H26N2O2/c1-14(5-2-3-6-14)13(17)15-7-4-8-16-9-11-18-12-10-16/h2-12H2,1H3,(H,15,17). The number of carbonyl (C=O) groups is 1. The Morgan fingerprint density at radius 3 is 2.61 bits per heavy atom. The van der Waals surface area contributed by atoms with E-state index in [1.807, 2.05) is 0 Å². The summed E-state index contributed by atoms with van der Waals surface area (Å²) in [7, 11) is 0. The van der Waals surface area contributed by atoms with Crippen LogP contribution in [0.1, 0.15) is 39.0 Å². The molecule has 1 heterocycles. The number of morpholine rings is 1. The lowest BCUT2D eigenvalue weighted by atomic mass is 9.88. The first-order valence-electron chi connectivity index (χ1n) is 7.29. The Hall–Kier alpha value is -0.610. The molecule has 0 bridgehead atoms. The smallest absolute Gasteiger partial charge is 0.225 e. The van der Waals surface area contributed by atoms with Crippen LogP contribution >= 0.6 is 0 Å². The first kappa shape index (κ1) is 13.8. The third-order valence-electron chi connectivity index (χ3n) is 4.30. The Bertz CT molecular complexity index is 269. The number of nitrogens with zero attached hydrogens (tertiary/aromatic N) is 1.